The maximum Gasteiger partial charge on any atom is 0.0951 e. The van der Waals surface area contributed by atoms with Crippen molar-refractivity contribution in [2.75, 3.05) is 36.2 Å². The van der Waals surface area contributed by atoms with Crippen molar-refractivity contribution in [1.29, 1.82) is 0 Å². The van der Waals surface area contributed by atoms with Crippen molar-refractivity contribution in [1.82, 2.24) is 4.98 Å². The molecule has 0 amide bonds. The van der Waals surface area contributed by atoms with Gasteiger partial charge in [-0.05, 0) is 30.5 Å². The minimum Gasteiger partial charge on any atom is -0.397 e. The van der Waals surface area contributed by atoms with Gasteiger partial charge in [-0.25, -0.2) is 0 Å². The van der Waals surface area contributed by atoms with Crippen molar-refractivity contribution < 1.29 is 0 Å². The first-order valence-electron chi connectivity index (χ1n) is 5.57. The lowest BCUT2D eigenvalue weighted by Crippen LogP contribution is -2.20. The van der Waals surface area contributed by atoms with E-state index in [1.807, 2.05) is 23.9 Å². The number of thioether (sulfide) groups is 1. The van der Waals surface area contributed by atoms with Crippen molar-refractivity contribution >= 4 is 34.0 Å². The van der Waals surface area contributed by atoms with Gasteiger partial charge in [0.25, 0.3) is 0 Å². The predicted molar refractivity (Wildman–Crippen MR) is 77.8 cm³/mol. The summed E-state index contributed by atoms with van der Waals surface area (Å²) in [4.78, 5) is 6.60. The molecule has 3 nitrogen and oxygen atoms in total. The zero-order valence-electron chi connectivity index (χ0n) is 10.2. The minimum atomic E-state index is 0.739. The summed E-state index contributed by atoms with van der Waals surface area (Å²) in [5.41, 5.74) is 8.76. The van der Waals surface area contributed by atoms with E-state index in [1.165, 1.54) is 5.69 Å². The molecule has 0 aliphatic heterocycles. The molecule has 4 heteroatoms. The van der Waals surface area contributed by atoms with Crippen LogP contribution in [0.3, 0.4) is 0 Å². The molecule has 2 aromatic rings. The maximum absolute atomic E-state index is 5.94. The normalized spacial score (nSPS) is 10.7. The molecule has 1 aromatic carbocycles. The summed E-state index contributed by atoms with van der Waals surface area (Å²) in [7, 11) is 2.11. The molecule has 0 bridgehead atoms. The van der Waals surface area contributed by atoms with Crippen LogP contribution in [0.15, 0.2) is 30.5 Å². The van der Waals surface area contributed by atoms with Gasteiger partial charge in [0.2, 0.25) is 0 Å². The van der Waals surface area contributed by atoms with Crippen molar-refractivity contribution in [3.05, 3.63) is 30.5 Å². The summed E-state index contributed by atoms with van der Waals surface area (Å²) in [6, 6.07) is 8.03. The zero-order valence-corrected chi connectivity index (χ0v) is 11.0. The van der Waals surface area contributed by atoms with Crippen molar-refractivity contribution in [3.63, 3.8) is 0 Å². The molecule has 0 saturated heterocycles. The molecular formula is C13H17N3S. The van der Waals surface area contributed by atoms with Gasteiger partial charge in [-0.1, -0.05) is 0 Å². The van der Waals surface area contributed by atoms with Gasteiger partial charge in [-0.3, -0.25) is 4.98 Å². The van der Waals surface area contributed by atoms with Crippen molar-refractivity contribution in [3.8, 4) is 0 Å². The molecule has 0 aliphatic rings. The van der Waals surface area contributed by atoms with Crippen LogP contribution in [-0.2, 0) is 0 Å². The first-order chi connectivity index (χ1) is 8.24. The molecule has 0 unspecified atom stereocenters. The SMILES string of the molecule is CSCCN(C)c1ccc(N)c2ncccc12. The van der Waals surface area contributed by atoms with Gasteiger partial charge in [0.15, 0.2) is 0 Å². The topological polar surface area (TPSA) is 42.1 Å². The molecule has 0 radical (unpaired) electrons. The van der Waals surface area contributed by atoms with E-state index in [4.69, 9.17) is 5.73 Å². The molecule has 90 valence electrons. The van der Waals surface area contributed by atoms with Gasteiger partial charge in [0.1, 0.15) is 0 Å². The molecule has 2 N–H and O–H groups in total. The van der Waals surface area contributed by atoms with E-state index in [-0.39, 0.29) is 0 Å². The summed E-state index contributed by atoms with van der Waals surface area (Å²) in [6.45, 7) is 1.02. The summed E-state index contributed by atoms with van der Waals surface area (Å²) >= 11 is 1.85. The van der Waals surface area contributed by atoms with Crippen LogP contribution in [0.4, 0.5) is 11.4 Å². The minimum absolute atomic E-state index is 0.739. The van der Waals surface area contributed by atoms with E-state index < -0.39 is 0 Å². The Morgan fingerprint density at radius 3 is 2.94 bits per heavy atom. The fourth-order valence-electron chi connectivity index (χ4n) is 1.86. The number of aromatic nitrogens is 1. The van der Waals surface area contributed by atoms with Crippen LogP contribution < -0.4 is 10.6 Å². The highest BCUT2D eigenvalue weighted by molar-refractivity contribution is 7.98. The molecule has 0 saturated carbocycles. The van der Waals surface area contributed by atoms with E-state index in [0.29, 0.717) is 0 Å². The Hall–Kier alpha value is -1.42. The van der Waals surface area contributed by atoms with Crippen LogP contribution in [0.1, 0.15) is 0 Å². The lowest BCUT2D eigenvalue weighted by atomic mass is 10.1. The third kappa shape index (κ3) is 2.47. The maximum atomic E-state index is 5.94. The van der Waals surface area contributed by atoms with Crippen molar-refractivity contribution in [2.24, 2.45) is 0 Å². The predicted octanol–water partition coefficient (Wildman–Crippen LogP) is 2.62. The zero-order chi connectivity index (χ0) is 12.3. The lowest BCUT2D eigenvalue weighted by molar-refractivity contribution is 0.984. The van der Waals surface area contributed by atoms with Gasteiger partial charge in [0.05, 0.1) is 11.2 Å². The van der Waals surface area contributed by atoms with Crippen LogP contribution in [0, 0.1) is 0 Å². The highest BCUT2D eigenvalue weighted by Crippen LogP contribution is 2.28. The van der Waals surface area contributed by atoms with E-state index in [1.54, 1.807) is 6.20 Å². The highest BCUT2D eigenvalue weighted by Gasteiger charge is 2.08. The largest absolute Gasteiger partial charge is 0.397 e. The molecule has 0 atom stereocenters. The Balaban J connectivity index is 2.44. The van der Waals surface area contributed by atoms with E-state index in [9.17, 15) is 0 Å². The molecular weight excluding hydrogens is 230 g/mol. The number of nitrogen functional groups attached to an aromatic ring is 1. The standard InChI is InChI=1S/C13H17N3S/c1-16(8-9-17-2)12-6-5-11(14)13-10(12)4-3-7-15-13/h3-7H,8-9,14H2,1-2H3. The van der Waals surface area contributed by atoms with Crippen LogP contribution >= 0.6 is 11.8 Å². The number of nitrogens with two attached hydrogens (primary N) is 1. The Kier molecular flexibility index (Phi) is 3.74. The number of hydrogen-bond acceptors (Lipinski definition) is 4. The van der Waals surface area contributed by atoms with E-state index in [2.05, 4.69) is 35.3 Å². The van der Waals surface area contributed by atoms with Gasteiger partial charge in [-0.2, -0.15) is 11.8 Å². The summed E-state index contributed by atoms with van der Waals surface area (Å²) in [6.07, 6.45) is 3.90. The van der Waals surface area contributed by atoms with Gasteiger partial charge in [-0.15, -0.1) is 0 Å². The Morgan fingerprint density at radius 1 is 1.35 bits per heavy atom. The first-order valence-corrected chi connectivity index (χ1v) is 6.96. The summed E-state index contributed by atoms with van der Waals surface area (Å²) in [5, 5.41) is 1.12. The number of anilines is 2. The Morgan fingerprint density at radius 2 is 2.18 bits per heavy atom. The second kappa shape index (κ2) is 5.27. The molecule has 2 rings (SSSR count). The molecule has 1 aromatic heterocycles. The average molecular weight is 247 g/mol. The number of rotatable bonds is 4. The van der Waals surface area contributed by atoms with Crippen LogP contribution in [0.2, 0.25) is 0 Å². The quantitative estimate of drug-likeness (QED) is 0.843. The number of nitrogens with zero attached hydrogens (tertiary/aromatic N) is 2. The van der Waals surface area contributed by atoms with E-state index >= 15 is 0 Å². The summed E-state index contributed by atoms with van der Waals surface area (Å²) < 4.78 is 0. The van der Waals surface area contributed by atoms with Crippen LogP contribution in [0.5, 0.6) is 0 Å². The van der Waals surface area contributed by atoms with Gasteiger partial charge >= 0.3 is 0 Å². The second-order valence-corrected chi connectivity index (χ2v) is 4.97. The third-order valence-electron chi connectivity index (χ3n) is 2.82. The number of hydrogen-bond donors (Lipinski definition) is 1. The van der Waals surface area contributed by atoms with Crippen LogP contribution in [-0.4, -0.2) is 30.6 Å². The summed E-state index contributed by atoms with van der Waals surface area (Å²) in [5.74, 6) is 1.11. The Bertz CT molecular complexity index is 513. The second-order valence-electron chi connectivity index (χ2n) is 3.99. The monoisotopic (exact) mass is 247 g/mol. The van der Waals surface area contributed by atoms with Crippen LogP contribution in [0.25, 0.3) is 10.9 Å². The lowest BCUT2D eigenvalue weighted by Gasteiger charge is -2.21. The number of benzene rings is 1. The first kappa shape index (κ1) is 12.0. The number of fused-ring (bicyclic) bond motifs is 1. The van der Waals surface area contributed by atoms with Gasteiger partial charge < -0.3 is 10.6 Å². The fourth-order valence-corrected chi connectivity index (χ4v) is 2.32. The average Bonchev–Trinajstić information content (AvgIpc) is 2.37. The van der Waals surface area contributed by atoms with Crippen molar-refractivity contribution in [2.45, 2.75) is 0 Å². The third-order valence-corrected chi connectivity index (χ3v) is 3.41. The molecule has 1 heterocycles. The Labute approximate surface area is 106 Å². The molecule has 0 aliphatic carbocycles. The fraction of sp³-hybridized carbons (Fsp3) is 0.308. The molecule has 0 spiro atoms. The highest BCUT2D eigenvalue weighted by atomic mass is 32.2. The number of pyridine rings is 1. The smallest absolute Gasteiger partial charge is 0.0951 e. The van der Waals surface area contributed by atoms with Gasteiger partial charge in [0, 0.05) is 36.6 Å². The molecule has 17 heavy (non-hydrogen) atoms. The van der Waals surface area contributed by atoms with E-state index in [0.717, 1.165) is 28.9 Å². The molecule has 0 fully saturated rings.